The molecule has 12 heavy (non-hydrogen) atoms. The number of benzene rings is 1. The Bertz CT molecular complexity index is 264. The van der Waals surface area contributed by atoms with E-state index in [4.69, 9.17) is 5.84 Å². The minimum absolute atomic E-state index is 0.411. The Balaban J connectivity index is 2.65. The molecule has 0 aliphatic carbocycles. The molecule has 1 aromatic rings. The van der Waals surface area contributed by atoms with E-state index in [0.29, 0.717) is 10.9 Å². The first-order valence-electron chi connectivity index (χ1n) is 3.12. The number of nitrogens with zero attached hydrogens (tertiary/aromatic N) is 2. The summed E-state index contributed by atoms with van der Waals surface area (Å²) in [5.74, 6) is 5.17. The number of hydrogen-bond donors (Lipinski definition) is 1. The average molecular weight is 169 g/mol. The second-order valence-electron chi connectivity index (χ2n) is 1.97. The maximum absolute atomic E-state index is 9.84. The Hall–Kier alpha value is -1.82. The van der Waals surface area contributed by atoms with Gasteiger partial charge in [0.2, 0.25) is 0 Å². The fraction of sp³-hybridized carbons (Fsp3) is 0. The molecule has 6 heteroatoms. The molecule has 0 saturated heterocycles. The number of nitrogens with two attached hydrogens (primary N) is 1. The predicted octanol–water partition coefficient (Wildman–Crippen LogP) is 0.490. The van der Waals surface area contributed by atoms with Crippen molar-refractivity contribution in [3.63, 3.8) is 0 Å². The molecule has 0 aromatic heterocycles. The molecule has 0 saturated carbocycles. The molecule has 0 atom stereocenters. The molecule has 0 amide bonds. The van der Waals surface area contributed by atoms with Gasteiger partial charge in [0.15, 0.2) is 0 Å². The number of rotatable bonds is 3. The van der Waals surface area contributed by atoms with Crippen LogP contribution >= 0.6 is 0 Å². The third-order valence-electron chi connectivity index (χ3n) is 1.17. The van der Waals surface area contributed by atoms with Gasteiger partial charge in [-0.25, -0.2) is 5.84 Å². The van der Waals surface area contributed by atoms with Crippen LogP contribution in [0.15, 0.2) is 30.3 Å². The number of hydrazine groups is 1. The van der Waals surface area contributed by atoms with Crippen LogP contribution in [-0.2, 0) is 4.94 Å². The lowest BCUT2D eigenvalue weighted by molar-refractivity contribution is -0.762. The second kappa shape index (κ2) is 3.54. The topological polar surface area (TPSA) is 81.6 Å². The Morgan fingerprint density at radius 3 is 2.50 bits per heavy atom. The maximum atomic E-state index is 9.84. The van der Waals surface area contributed by atoms with Crippen LogP contribution in [0.5, 0.6) is 0 Å². The zero-order valence-electron chi connectivity index (χ0n) is 6.08. The summed E-state index contributed by atoms with van der Waals surface area (Å²) in [4.78, 5) is 13.8. The highest BCUT2D eigenvalue weighted by molar-refractivity contribution is 5.41. The second-order valence-corrected chi connectivity index (χ2v) is 1.97. The van der Waals surface area contributed by atoms with Crippen LogP contribution in [0.25, 0.3) is 0 Å². The zero-order chi connectivity index (χ0) is 8.97. The summed E-state index contributed by atoms with van der Waals surface area (Å²) in [6, 6.07) is 8.33. The largest absolute Gasteiger partial charge is 0.318 e. The third-order valence-corrected chi connectivity index (χ3v) is 1.17. The van der Waals surface area contributed by atoms with Gasteiger partial charge in [0.1, 0.15) is 0 Å². The summed E-state index contributed by atoms with van der Waals surface area (Å²) in [6.45, 7) is 0. The molecule has 0 heterocycles. The van der Waals surface area contributed by atoms with E-state index in [1.165, 1.54) is 0 Å². The first-order chi connectivity index (χ1) is 5.70. The highest BCUT2D eigenvalue weighted by atomic mass is 17.0. The minimum atomic E-state index is -0.979. The molecule has 1 rings (SSSR count). The number of para-hydroxylation sites is 1. The van der Waals surface area contributed by atoms with Crippen LogP contribution in [0.4, 0.5) is 5.69 Å². The van der Waals surface area contributed by atoms with Crippen molar-refractivity contribution in [2.75, 3.05) is 5.17 Å². The SMILES string of the molecule is NN(O[N+](=O)[O-])c1ccccc1. The van der Waals surface area contributed by atoms with E-state index in [2.05, 4.69) is 4.94 Å². The monoisotopic (exact) mass is 169 g/mol. The first-order valence-corrected chi connectivity index (χ1v) is 3.12. The average Bonchev–Trinajstić information content (AvgIpc) is 2.05. The third kappa shape index (κ3) is 2.10. The van der Waals surface area contributed by atoms with Gasteiger partial charge in [-0.1, -0.05) is 18.2 Å². The number of hydrogen-bond acceptors (Lipinski definition) is 5. The van der Waals surface area contributed by atoms with Gasteiger partial charge in [-0.3, -0.25) is 0 Å². The normalized spacial score (nSPS) is 9.08. The lowest BCUT2D eigenvalue weighted by Gasteiger charge is -2.12. The summed E-state index contributed by atoms with van der Waals surface area (Å²) in [5, 5.41) is 9.45. The molecule has 0 aliphatic rings. The molecular formula is C6H7N3O3. The van der Waals surface area contributed by atoms with Crippen molar-refractivity contribution >= 4 is 5.69 Å². The molecule has 0 spiro atoms. The smallest absolute Gasteiger partial charge is 0.223 e. The van der Waals surface area contributed by atoms with Crippen molar-refractivity contribution in [1.29, 1.82) is 0 Å². The lowest BCUT2D eigenvalue weighted by Crippen LogP contribution is -2.33. The van der Waals surface area contributed by atoms with E-state index < -0.39 is 5.09 Å². The van der Waals surface area contributed by atoms with Gasteiger partial charge in [0, 0.05) is 0 Å². The fourth-order valence-electron chi connectivity index (χ4n) is 0.694. The van der Waals surface area contributed by atoms with Crippen molar-refractivity contribution in [3.8, 4) is 0 Å². The van der Waals surface area contributed by atoms with Crippen molar-refractivity contribution in [3.05, 3.63) is 40.4 Å². The van der Waals surface area contributed by atoms with Crippen LogP contribution < -0.4 is 11.0 Å². The van der Waals surface area contributed by atoms with Crippen LogP contribution in [0, 0.1) is 10.1 Å². The standard InChI is InChI=1S/C6H7N3O3/c7-8(12-9(10)11)6-4-2-1-3-5-6/h1-5H,7H2. The molecule has 0 aliphatic heterocycles. The molecule has 1 aromatic carbocycles. The first kappa shape index (κ1) is 8.28. The summed E-state index contributed by atoms with van der Waals surface area (Å²) >= 11 is 0. The van der Waals surface area contributed by atoms with Crippen molar-refractivity contribution < 1.29 is 10.0 Å². The van der Waals surface area contributed by atoms with Crippen molar-refractivity contribution in [2.45, 2.75) is 0 Å². The van der Waals surface area contributed by atoms with E-state index in [0.717, 1.165) is 0 Å². The van der Waals surface area contributed by atoms with Gasteiger partial charge in [0.05, 0.1) is 5.69 Å². The molecule has 0 unspecified atom stereocenters. The minimum Gasteiger partial charge on any atom is -0.223 e. The molecular weight excluding hydrogens is 162 g/mol. The summed E-state index contributed by atoms with van der Waals surface area (Å²) in [7, 11) is 0. The predicted molar refractivity (Wildman–Crippen MR) is 41.2 cm³/mol. The summed E-state index contributed by atoms with van der Waals surface area (Å²) in [6.07, 6.45) is 0. The molecule has 6 nitrogen and oxygen atoms in total. The van der Waals surface area contributed by atoms with Crippen LogP contribution in [0.1, 0.15) is 0 Å². The quantitative estimate of drug-likeness (QED) is 0.404. The Morgan fingerprint density at radius 1 is 1.42 bits per heavy atom. The van der Waals surface area contributed by atoms with E-state index in [9.17, 15) is 10.1 Å². The van der Waals surface area contributed by atoms with Gasteiger partial charge in [-0.2, -0.15) is 4.94 Å². The van der Waals surface area contributed by atoms with E-state index in [1.807, 2.05) is 0 Å². The Kier molecular flexibility index (Phi) is 2.44. The lowest BCUT2D eigenvalue weighted by atomic mass is 10.3. The Morgan fingerprint density at radius 2 is 2.00 bits per heavy atom. The molecule has 0 bridgehead atoms. The molecule has 0 radical (unpaired) electrons. The van der Waals surface area contributed by atoms with Gasteiger partial charge in [-0.05, 0) is 12.1 Å². The summed E-state index contributed by atoms with van der Waals surface area (Å²) < 4.78 is 0. The maximum Gasteiger partial charge on any atom is 0.318 e. The molecule has 2 N–H and O–H groups in total. The van der Waals surface area contributed by atoms with Gasteiger partial charge in [-0.15, -0.1) is 15.3 Å². The van der Waals surface area contributed by atoms with Crippen LogP contribution in [-0.4, -0.2) is 5.09 Å². The number of anilines is 1. The van der Waals surface area contributed by atoms with Gasteiger partial charge < -0.3 is 0 Å². The van der Waals surface area contributed by atoms with Crippen molar-refractivity contribution in [2.24, 2.45) is 5.84 Å². The van der Waals surface area contributed by atoms with Crippen LogP contribution in [0.3, 0.4) is 0 Å². The highest BCUT2D eigenvalue weighted by Gasteiger charge is 2.03. The van der Waals surface area contributed by atoms with Crippen LogP contribution in [0.2, 0.25) is 0 Å². The van der Waals surface area contributed by atoms with E-state index in [1.54, 1.807) is 30.3 Å². The van der Waals surface area contributed by atoms with Crippen molar-refractivity contribution in [1.82, 2.24) is 0 Å². The summed E-state index contributed by atoms with van der Waals surface area (Å²) in [5.41, 5.74) is 0.411. The van der Waals surface area contributed by atoms with Gasteiger partial charge >= 0.3 is 5.09 Å². The van der Waals surface area contributed by atoms with E-state index in [-0.39, 0.29) is 0 Å². The zero-order valence-corrected chi connectivity index (χ0v) is 6.08. The fourth-order valence-corrected chi connectivity index (χ4v) is 0.694. The van der Waals surface area contributed by atoms with Gasteiger partial charge in [0.25, 0.3) is 0 Å². The molecule has 0 fully saturated rings. The van der Waals surface area contributed by atoms with E-state index >= 15 is 0 Å². The Labute approximate surface area is 68.2 Å². The highest BCUT2D eigenvalue weighted by Crippen LogP contribution is 2.08. The molecule has 64 valence electrons.